The zero-order valence-corrected chi connectivity index (χ0v) is 11.9. The Balaban J connectivity index is 1.72. The number of hydrogen-bond donors (Lipinski definition) is 1. The van der Waals surface area contributed by atoms with Crippen molar-refractivity contribution in [3.8, 4) is 0 Å². The van der Waals surface area contributed by atoms with Gasteiger partial charge in [0.2, 0.25) is 0 Å². The highest BCUT2D eigenvalue weighted by atomic mass is 16.3. The second-order valence-electron chi connectivity index (χ2n) is 5.88. The van der Waals surface area contributed by atoms with E-state index in [-0.39, 0.29) is 0 Å². The van der Waals surface area contributed by atoms with E-state index in [2.05, 4.69) is 31.0 Å². The Bertz CT molecular complexity index is 330. The topological polar surface area (TPSA) is 28.4 Å². The number of nitrogens with zero attached hydrogens (tertiary/aromatic N) is 1. The average Bonchev–Trinajstić information content (AvgIpc) is 3.03. The minimum atomic E-state index is 0.606. The van der Waals surface area contributed by atoms with Crippen molar-refractivity contribution in [2.45, 2.75) is 52.2 Å². The number of furan rings is 1. The molecule has 0 saturated heterocycles. The molecule has 1 heterocycles. The Morgan fingerprint density at radius 1 is 1.39 bits per heavy atom. The molecule has 0 bridgehead atoms. The molecule has 102 valence electrons. The lowest BCUT2D eigenvalue weighted by Gasteiger charge is -2.30. The average molecular weight is 250 g/mol. The van der Waals surface area contributed by atoms with Crippen LogP contribution in [0.15, 0.2) is 22.8 Å². The molecule has 1 aliphatic rings. The van der Waals surface area contributed by atoms with Crippen LogP contribution < -0.4 is 5.32 Å². The fraction of sp³-hybridized carbons (Fsp3) is 0.733. The first kappa shape index (κ1) is 13.6. The summed E-state index contributed by atoms with van der Waals surface area (Å²) in [6, 6.07) is 5.41. The molecule has 0 aromatic carbocycles. The lowest BCUT2D eigenvalue weighted by molar-refractivity contribution is 0.172. The van der Waals surface area contributed by atoms with Gasteiger partial charge in [0, 0.05) is 25.2 Å². The maximum atomic E-state index is 5.32. The van der Waals surface area contributed by atoms with Crippen LogP contribution >= 0.6 is 0 Å². The maximum absolute atomic E-state index is 5.32. The molecule has 0 radical (unpaired) electrons. The van der Waals surface area contributed by atoms with Gasteiger partial charge in [-0.05, 0) is 37.8 Å². The molecule has 3 heteroatoms. The van der Waals surface area contributed by atoms with E-state index in [4.69, 9.17) is 4.42 Å². The molecule has 0 spiro atoms. The molecule has 0 aliphatic heterocycles. The summed E-state index contributed by atoms with van der Waals surface area (Å²) in [6.45, 7) is 10.0. The summed E-state index contributed by atoms with van der Waals surface area (Å²) < 4.78 is 5.32. The molecule has 18 heavy (non-hydrogen) atoms. The minimum absolute atomic E-state index is 0.606. The zero-order valence-electron chi connectivity index (χ0n) is 11.9. The van der Waals surface area contributed by atoms with Crippen molar-refractivity contribution in [3.05, 3.63) is 24.2 Å². The Morgan fingerprint density at radius 3 is 2.72 bits per heavy atom. The van der Waals surface area contributed by atoms with E-state index < -0.39 is 0 Å². The van der Waals surface area contributed by atoms with Crippen molar-refractivity contribution in [3.63, 3.8) is 0 Å². The first-order valence-electron chi connectivity index (χ1n) is 7.15. The SMILES string of the molecule is CC(C)CN(C(C)CNCc1ccco1)C1CC1. The Labute approximate surface area is 111 Å². The first-order chi connectivity index (χ1) is 8.66. The summed E-state index contributed by atoms with van der Waals surface area (Å²) in [7, 11) is 0. The highest BCUT2D eigenvalue weighted by molar-refractivity contribution is 4.97. The molecule has 1 fully saturated rings. The van der Waals surface area contributed by atoms with Crippen molar-refractivity contribution in [1.29, 1.82) is 0 Å². The quantitative estimate of drug-likeness (QED) is 0.769. The van der Waals surface area contributed by atoms with Crippen LogP contribution in [-0.2, 0) is 6.54 Å². The van der Waals surface area contributed by atoms with Gasteiger partial charge in [-0.25, -0.2) is 0 Å². The van der Waals surface area contributed by atoms with Gasteiger partial charge in [0.05, 0.1) is 12.8 Å². The monoisotopic (exact) mass is 250 g/mol. The van der Waals surface area contributed by atoms with Gasteiger partial charge in [-0.3, -0.25) is 4.90 Å². The number of rotatable bonds is 8. The van der Waals surface area contributed by atoms with Gasteiger partial charge in [0.25, 0.3) is 0 Å². The molecular weight excluding hydrogens is 224 g/mol. The molecule has 2 rings (SSSR count). The normalized spacial score (nSPS) is 17.6. The van der Waals surface area contributed by atoms with E-state index in [0.29, 0.717) is 6.04 Å². The van der Waals surface area contributed by atoms with Gasteiger partial charge in [-0.2, -0.15) is 0 Å². The lowest BCUT2D eigenvalue weighted by atomic mass is 10.1. The summed E-state index contributed by atoms with van der Waals surface area (Å²) in [5.74, 6) is 1.77. The number of nitrogens with one attached hydrogen (secondary N) is 1. The summed E-state index contributed by atoms with van der Waals surface area (Å²) in [5, 5.41) is 3.49. The van der Waals surface area contributed by atoms with Crippen molar-refractivity contribution >= 4 is 0 Å². The van der Waals surface area contributed by atoms with Crippen LogP contribution in [0.1, 0.15) is 39.4 Å². The van der Waals surface area contributed by atoms with Gasteiger partial charge in [0.15, 0.2) is 0 Å². The van der Waals surface area contributed by atoms with Gasteiger partial charge < -0.3 is 9.73 Å². The van der Waals surface area contributed by atoms with Gasteiger partial charge in [0.1, 0.15) is 5.76 Å². The van der Waals surface area contributed by atoms with Crippen molar-refractivity contribution in [2.24, 2.45) is 5.92 Å². The van der Waals surface area contributed by atoms with Crippen LogP contribution in [0.3, 0.4) is 0 Å². The third-order valence-electron chi connectivity index (χ3n) is 3.48. The highest BCUT2D eigenvalue weighted by Crippen LogP contribution is 2.29. The van der Waals surface area contributed by atoms with E-state index in [1.807, 2.05) is 12.1 Å². The van der Waals surface area contributed by atoms with Gasteiger partial charge in [-0.1, -0.05) is 13.8 Å². The largest absolute Gasteiger partial charge is 0.468 e. The molecule has 1 saturated carbocycles. The van der Waals surface area contributed by atoms with Crippen LogP contribution in [0.5, 0.6) is 0 Å². The van der Waals surface area contributed by atoms with Crippen LogP contribution in [0.25, 0.3) is 0 Å². The Kier molecular flexibility index (Phi) is 4.84. The third-order valence-corrected chi connectivity index (χ3v) is 3.48. The standard InChI is InChI=1S/C15H26N2O/c1-12(2)11-17(14-6-7-14)13(3)9-16-10-15-5-4-8-18-15/h4-5,8,12-14,16H,6-7,9-11H2,1-3H3. The molecular formula is C15H26N2O. The molecule has 1 aromatic rings. The molecule has 1 unspecified atom stereocenters. The zero-order chi connectivity index (χ0) is 13.0. The van der Waals surface area contributed by atoms with E-state index in [0.717, 1.165) is 30.8 Å². The van der Waals surface area contributed by atoms with E-state index in [1.54, 1.807) is 6.26 Å². The van der Waals surface area contributed by atoms with Crippen molar-refractivity contribution < 1.29 is 4.42 Å². The maximum Gasteiger partial charge on any atom is 0.117 e. The van der Waals surface area contributed by atoms with Crippen LogP contribution in [0.4, 0.5) is 0 Å². The number of hydrogen-bond acceptors (Lipinski definition) is 3. The third kappa shape index (κ3) is 4.14. The summed E-state index contributed by atoms with van der Waals surface area (Å²) in [5.41, 5.74) is 0. The van der Waals surface area contributed by atoms with Crippen molar-refractivity contribution in [2.75, 3.05) is 13.1 Å². The van der Waals surface area contributed by atoms with Crippen LogP contribution in [-0.4, -0.2) is 30.1 Å². The van der Waals surface area contributed by atoms with E-state index in [9.17, 15) is 0 Å². The minimum Gasteiger partial charge on any atom is -0.468 e. The smallest absolute Gasteiger partial charge is 0.117 e. The van der Waals surface area contributed by atoms with Crippen LogP contribution in [0, 0.1) is 5.92 Å². The molecule has 1 aromatic heterocycles. The fourth-order valence-corrected chi connectivity index (χ4v) is 2.45. The van der Waals surface area contributed by atoms with E-state index >= 15 is 0 Å². The van der Waals surface area contributed by atoms with Gasteiger partial charge in [-0.15, -0.1) is 0 Å². The Hall–Kier alpha value is -0.800. The lowest BCUT2D eigenvalue weighted by Crippen LogP contribution is -2.43. The molecule has 3 nitrogen and oxygen atoms in total. The first-order valence-corrected chi connectivity index (χ1v) is 7.15. The van der Waals surface area contributed by atoms with Crippen molar-refractivity contribution in [1.82, 2.24) is 10.2 Å². The fourth-order valence-electron chi connectivity index (χ4n) is 2.45. The Morgan fingerprint density at radius 2 is 2.17 bits per heavy atom. The summed E-state index contributed by atoms with van der Waals surface area (Å²) in [4.78, 5) is 2.67. The van der Waals surface area contributed by atoms with Gasteiger partial charge >= 0.3 is 0 Å². The second-order valence-corrected chi connectivity index (χ2v) is 5.88. The van der Waals surface area contributed by atoms with Crippen LogP contribution in [0.2, 0.25) is 0 Å². The molecule has 1 atom stereocenters. The highest BCUT2D eigenvalue weighted by Gasteiger charge is 2.32. The molecule has 0 amide bonds. The summed E-state index contributed by atoms with van der Waals surface area (Å²) in [6.07, 6.45) is 4.50. The predicted octanol–water partition coefficient (Wildman–Crippen LogP) is 2.88. The summed E-state index contributed by atoms with van der Waals surface area (Å²) >= 11 is 0. The molecule has 1 N–H and O–H groups in total. The molecule has 1 aliphatic carbocycles. The second kappa shape index (κ2) is 6.39. The van der Waals surface area contributed by atoms with E-state index in [1.165, 1.54) is 19.4 Å². The predicted molar refractivity (Wildman–Crippen MR) is 74.4 cm³/mol.